The van der Waals surface area contributed by atoms with Crippen molar-refractivity contribution in [1.29, 1.82) is 0 Å². The predicted molar refractivity (Wildman–Crippen MR) is 65.6 cm³/mol. The number of methoxy groups -OCH3 is 1. The summed E-state index contributed by atoms with van der Waals surface area (Å²) in [5.74, 6) is -0.743. The van der Waals surface area contributed by atoms with Crippen LogP contribution in [0.5, 0.6) is 0 Å². The van der Waals surface area contributed by atoms with Gasteiger partial charge in [0.2, 0.25) is 0 Å². The van der Waals surface area contributed by atoms with E-state index in [0.717, 1.165) is 16.5 Å². The molecule has 18 heavy (non-hydrogen) atoms. The number of ether oxygens (including phenoxy) is 1. The standard InChI is InChI=1S/C10H11BrF3NO2S/c1-5-6(11)3-7(18-5)8(9(16)17-2)15-4-10(12,13)14/h3,8,15H,4H2,1-2H3. The Labute approximate surface area is 114 Å². The van der Waals surface area contributed by atoms with Crippen molar-refractivity contribution in [3.05, 3.63) is 20.3 Å². The van der Waals surface area contributed by atoms with Crippen molar-refractivity contribution in [1.82, 2.24) is 5.32 Å². The summed E-state index contributed by atoms with van der Waals surface area (Å²) in [6.07, 6.45) is -4.38. The molecule has 102 valence electrons. The second-order valence-electron chi connectivity index (χ2n) is 3.51. The van der Waals surface area contributed by atoms with Crippen molar-refractivity contribution < 1.29 is 22.7 Å². The molecule has 0 radical (unpaired) electrons. The maximum atomic E-state index is 12.2. The van der Waals surface area contributed by atoms with Crippen LogP contribution in [-0.4, -0.2) is 25.8 Å². The first-order valence-corrected chi connectivity index (χ1v) is 6.49. The van der Waals surface area contributed by atoms with E-state index in [9.17, 15) is 18.0 Å². The minimum atomic E-state index is -4.38. The molecule has 1 unspecified atom stereocenters. The molecule has 1 aromatic rings. The molecule has 0 spiro atoms. The summed E-state index contributed by atoms with van der Waals surface area (Å²) in [4.78, 5) is 12.9. The van der Waals surface area contributed by atoms with Crippen molar-refractivity contribution in [3.63, 3.8) is 0 Å². The zero-order valence-corrected chi connectivity index (χ0v) is 12.0. The number of esters is 1. The van der Waals surface area contributed by atoms with Crippen LogP contribution < -0.4 is 5.32 Å². The maximum Gasteiger partial charge on any atom is 0.401 e. The highest BCUT2D eigenvalue weighted by atomic mass is 79.9. The Kier molecular flexibility index (Phi) is 5.18. The number of halogens is 4. The molecular formula is C10H11BrF3NO2S. The lowest BCUT2D eigenvalue weighted by Gasteiger charge is -2.16. The quantitative estimate of drug-likeness (QED) is 0.851. The lowest BCUT2D eigenvalue weighted by Crippen LogP contribution is -2.36. The Balaban J connectivity index is 2.88. The molecule has 0 fully saturated rings. The fraction of sp³-hybridized carbons (Fsp3) is 0.500. The van der Waals surface area contributed by atoms with E-state index in [2.05, 4.69) is 26.0 Å². The summed E-state index contributed by atoms with van der Waals surface area (Å²) in [5, 5.41) is 2.16. The largest absolute Gasteiger partial charge is 0.468 e. The number of carbonyl (C=O) groups is 1. The molecule has 1 atom stereocenters. The van der Waals surface area contributed by atoms with E-state index < -0.39 is 24.7 Å². The Hall–Kier alpha value is -0.600. The molecule has 0 saturated heterocycles. The second kappa shape index (κ2) is 6.03. The molecule has 0 bridgehead atoms. The smallest absolute Gasteiger partial charge is 0.401 e. The monoisotopic (exact) mass is 345 g/mol. The van der Waals surface area contributed by atoms with Crippen LogP contribution in [0.2, 0.25) is 0 Å². The number of alkyl halides is 3. The van der Waals surface area contributed by atoms with Gasteiger partial charge in [0.25, 0.3) is 0 Å². The summed E-state index contributed by atoms with van der Waals surface area (Å²) in [7, 11) is 1.14. The highest BCUT2D eigenvalue weighted by Crippen LogP contribution is 2.31. The van der Waals surface area contributed by atoms with Gasteiger partial charge in [-0.2, -0.15) is 13.2 Å². The van der Waals surface area contributed by atoms with Crippen LogP contribution >= 0.6 is 27.3 Å². The number of thiophene rings is 1. The van der Waals surface area contributed by atoms with E-state index in [4.69, 9.17) is 0 Å². The van der Waals surface area contributed by atoms with Crippen LogP contribution in [-0.2, 0) is 9.53 Å². The summed E-state index contributed by atoms with van der Waals surface area (Å²) < 4.78 is 41.7. The molecule has 1 N–H and O–H groups in total. The van der Waals surface area contributed by atoms with Gasteiger partial charge in [0.15, 0.2) is 0 Å². The predicted octanol–water partition coefficient (Wildman–Crippen LogP) is 3.19. The first-order chi connectivity index (χ1) is 8.24. The summed E-state index contributed by atoms with van der Waals surface area (Å²) in [5.41, 5.74) is 0. The molecule has 0 aliphatic rings. The number of rotatable bonds is 4. The Bertz CT molecular complexity index is 414. The molecule has 3 nitrogen and oxygen atoms in total. The molecule has 0 aliphatic heterocycles. The van der Waals surface area contributed by atoms with Gasteiger partial charge in [0.05, 0.1) is 13.7 Å². The van der Waals surface area contributed by atoms with Crippen LogP contribution in [0.25, 0.3) is 0 Å². The number of carbonyl (C=O) groups excluding carboxylic acids is 1. The van der Waals surface area contributed by atoms with E-state index in [0.29, 0.717) is 4.88 Å². The van der Waals surface area contributed by atoms with Gasteiger partial charge >= 0.3 is 12.1 Å². The van der Waals surface area contributed by atoms with Gasteiger partial charge in [0, 0.05) is 14.2 Å². The van der Waals surface area contributed by atoms with Crippen molar-refractivity contribution in [3.8, 4) is 0 Å². The lowest BCUT2D eigenvalue weighted by molar-refractivity contribution is -0.146. The van der Waals surface area contributed by atoms with E-state index in [1.54, 1.807) is 13.0 Å². The first kappa shape index (κ1) is 15.5. The van der Waals surface area contributed by atoms with Crippen LogP contribution in [0, 0.1) is 6.92 Å². The zero-order valence-electron chi connectivity index (χ0n) is 9.60. The first-order valence-electron chi connectivity index (χ1n) is 4.88. The molecular weight excluding hydrogens is 335 g/mol. The van der Waals surface area contributed by atoms with E-state index in [-0.39, 0.29) is 0 Å². The molecule has 0 aromatic carbocycles. The highest BCUT2D eigenvalue weighted by molar-refractivity contribution is 9.10. The lowest BCUT2D eigenvalue weighted by atomic mass is 10.2. The van der Waals surface area contributed by atoms with Gasteiger partial charge in [-0.3, -0.25) is 5.32 Å². The number of aryl methyl sites for hydroxylation is 1. The average Bonchev–Trinajstić information content (AvgIpc) is 2.57. The molecule has 1 heterocycles. The van der Waals surface area contributed by atoms with Gasteiger partial charge in [-0.15, -0.1) is 11.3 Å². The Morgan fingerprint density at radius 2 is 2.22 bits per heavy atom. The molecule has 1 aromatic heterocycles. The molecule has 1 rings (SSSR count). The summed E-state index contributed by atoms with van der Waals surface area (Å²) >= 11 is 4.49. The van der Waals surface area contributed by atoms with Gasteiger partial charge in [-0.05, 0) is 28.9 Å². The van der Waals surface area contributed by atoms with Crippen LogP contribution in [0.15, 0.2) is 10.5 Å². The van der Waals surface area contributed by atoms with Gasteiger partial charge in [0.1, 0.15) is 6.04 Å². The highest BCUT2D eigenvalue weighted by Gasteiger charge is 2.32. The number of hydrogen-bond acceptors (Lipinski definition) is 4. The van der Waals surface area contributed by atoms with Crippen LogP contribution in [0.1, 0.15) is 15.8 Å². The zero-order chi connectivity index (χ0) is 13.9. The van der Waals surface area contributed by atoms with Crippen LogP contribution in [0.4, 0.5) is 13.2 Å². The third-order valence-corrected chi connectivity index (χ3v) is 4.31. The van der Waals surface area contributed by atoms with E-state index in [1.807, 2.05) is 0 Å². The minimum absolute atomic E-state index is 0.482. The maximum absolute atomic E-state index is 12.2. The van der Waals surface area contributed by atoms with Gasteiger partial charge in [-0.25, -0.2) is 4.79 Å². The van der Waals surface area contributed by atoms with Crippen LogP contribution in [0.3, 0.4) is 0 Å². The second-order valence-corrected chi connectivity index (χ2v) is 5.65. The number of nitrogens with one attached hydrogen (secondary N) is 1. The van der Waals surface area contributed by atoms with Crippen molar-refractivity contribution in [2.45, 2.75) is 19.1 Å². The van der Waals surface area contributed by atoms with Gasteiger partial charge in [-0.1, -0.05) is 0 Å². The molecule has 0 aliphatic carbocycles. The molecule has 0 saturated carbocycles. The Morgan fingerprint density at radius 3 is 2.61 bits per heavy atom. The van der Waals surface area contributed by atoms with Crippen molar-refractivity contribution >= 4 is 33.2 Å². The molecule has 0 amide bonds. The minimum Gasteiger partial charge on any atom is -0.468 e. The fourth-order valence-electron chi connectivity index (χ4n) is 1.26. The Morgan fingerprint density at radius 1 is 1.61 bits per heavy atom. The fourth-order valence-corrected chi connectivity index (χ4v) is 2.88. The van der Waals surface area contributed by atoms with Crippen molar-refractivity contribution in [2.75, 3.05) is 13.7 Å². The topological polar surface area (TPSA) is 38.3 Å². The third-order valence-electron chi connectivity index (χ3n) is 2.10. The number of hydrogen-bond donors (Lipinski definition) is 1. The van der Waals surface area contributed by atoms with Crippen molar-refractivity contribution in [2.24, 2.45) is 0 Å². The normalized spacial score (nSPS) is 13.4. The molecule has 8 heteroatoms. The third kappa shape index (κ3) is 4.25. The van der Waals surface area contributed by atoms with E-state index >= 15 is 0 Å². The van der Waals surface area contributed by atoms with E-state index in [1.165, 1.54) is 11.3 Å². The SMILES string of the molecule is COC(=O)C(NCC(F)(F)F)c1cc(Br)c(C)s1. The summed E-state index contributed by atoms with van der Waals surface area (Å²) in [6, 6.07) is 0.511. The van der Waals surface area contributed by atoms with Gasteiger partial charge < -0.3 is 4.74 Å². The summed E-state index contributed by atoms with van der Waals surface area (Å²) in [6.45, 7) is 0.553. The average molecular weight is 346 g/mol.